The third kappa shape index (κ3) is 2.12. The third-order valence-electron chi connectivity index (χ3n) is 2.14. The highest BCUT2D eigenvalue weighted by atomic mass is 35.5. The number of nitrogens with zero attached hydrogens (tertiary/aromatic N) is 1. The first-order valence-corrected chi connectivity index (χ1v) is 4.79. The zero-order valence-corrected chi connectivity index (χ0v) is 8.39. The van der Waals surface area contributed by atoms with Gasteiger partial charge in [0.1, 0.15) is 0 Å². The van der Waals surface area contributed by atoms with Crippen LogP contribution in [0.15, 0.2) is 30.5 Å². The Morgan fingerprint density at radius 1 is 1.20 bits per heavy atom. The molecule has 0 aliphatic rings. The van der Waals surface area contributed by atoms with Crippen molar-refractivity contribution < 1.29 is 12.9 Å². The summed E-state index contributed by atoms with van der Waals surface area (Å²) in [6.07, 6.45) is 0.370. The van der Waals surface area contributed by atoms with Gasteiger partial charge in [-0.25, -0.2) is 0 Å². The number of para-hydroxylation sites is 1. The highest BCUT2D eigenvalue weighted by Crippen LogP contribution is 2.27. The molecule has 0 N–H and O–H groups in total. The van der Waals surface area contributed by atoms with E-state index in [-0.39, 0.29) is 0 Å². The van der Waals surface area contributed by atoms with Crippen LogP contribution in [0, 0.1) is 0 Å². The average Bonchev–Trinajstić information content (AvgIpc) is 2.42. The number of benzene rings is 1. The van der Waals surface area contributed by atoms with Gasteiger partial charge in [0.15, 0.2) is 0 Å². The molecule has 0 aliphatic heterocycles. The maximum absolute atomic E-state index is 12.3. The van der Waals surface area contributed by atoms with E-state index in [1.807, 2.05) is 0 Å². The second kappa shape index (κ2) is 3.49. The van der Waals surface area contributed by atoms with E-state index in [1.54, 1.807) is 24.3 Å². The number of halogens is 4. The van der Waals surface area contributed by atoms with Crippen LogP contribution in [0.25, 0.3) is 10.9 Å². The van der Waals surface area contributed by atoms with Crippen molar-refractivity contribution in [3.63, 3.8) is 0 Å². The number of fused-ring (bicyclic) bond motifs is 1. The standard InChI is InChI=1S/C9H7BClF3N/c11-8-5-15(6-10(12,13)14)9-4-2-1-3-7(8)9/h1-5H,6H2/q-1. The van der Waals surface area contributed by atoms with Gasteiger partial charge in [-0.1, -0.05) is 29.8 Å². The molecule has 0 atom stereocenters. The fourth-order valence-electron chi connectivity index (χ4n) is 1.58. The molecule has 0 amide bonds. The van der Waals surface area contributed by atoms with E-state index in [0.717, 1.165) is 4.57 Å². The van der Waals surface area contributed by atoms with E-state index < -0.39 is 13.4 Å². The second-order valence-corrected chi connectivity index (χ2v) is 3.76. The van der Waals surface area contributed by atoms with E-state index in [9.17, 15) is 12.9 Å². The SMILES string of the molecule is F[B-](F)(F)Cn1cc(Cl)c2ccccc21. The maximum atomic E-state index is 12.3. The molecule has 15 heavy (non-hydrogen) atoms. The van der Waals surface area contributed by atoms with Gasteiger partial charge in [-0.2, -0.15) is 0 Å². The van der Waals surface area contributed by atoms with Crippen molar-refractivity contribution in [3.8, 4) is 0 Å². The normalized spacial score (nSPS) is 12.3. The van der Waals surface area contributed by atoms with Crippen LogP contribution in [-0.4, -0.2) is 11.5 Å². The van der Waals surface area contributed by atoms with Crippen LogP contribution in [0.5, 0.6) is 0 Å². The Morgan fingerprint density at radius 3 is 2.53 bits per heavy atom. The molecule has 6 heteroatoms. The van der Waals surface area contributed by atoms with Crippen molar-refractivity contribution in [2.24, 2.45) is 0 Å². The Kier molecular flexibility index (Phi) is 2.42. The van der Waals surface area contributed by atoms with Gasteiger partial charge >= 0.3 is 6.98 Å². The van der Waals surface area contributed by atoms with Gasteiger partial charge in [0, 0.05) is 17.1 Å². The van der Waals surface area contributed by atoms with E-state index in [4.69, 9.17) is 11.6 Å². The van der Waals surface area contributed by atoms with Crippen molar-refractivity contribution in [3.05, 3.63) is 35.5 Å². The summed E-state index contributed by atoms with van der Waals surface area (Å²) < 4.78 is 38.0. The minimum atomic E-state index is -4.85. The van der Waals surface area contributed by atoms with Crippen molar-refractivity contribution in [2.45, 2.75) is 6.44 Å². The molecule has 0 fully saturated rings. The smallest absolute Gasteiger partial charge is 0.448 e. The Bertz CT molecular complexity index is 492. The van der Waals surface area contributed by atoms with E-state index in [2.05, 4.69) is 0 Å². The molecule has 80 valence electrons. The molecule has 0 bridgehead atoms. The quantitative estimate of drug-likeness (QED) is 0.696. The van der Waals surface area contributed by atoms with Crippen molar-refractivity contribution in [2.75, 3.05) is 0 Å². The van der Waals surface area contributed by atoms with Gasteiger partial charge in [-0.15, -0.1) is 0 Å². The van der Waals surface area contributed by atoms with Gasteiger partial charge in [-0.05, 0) is 12.5 Å². The van der Waals surface area contributed by atoms with E-state index in [0.29, 0.717) is 15.9 Å². The van der Waals surface area contributed by atoms with Gasteiger partial charge in [0.05, 0.1) is 5.02 Å². The van der Waals surface area contributed by atoms with Crippen LogP contribution < -0.4 is 0 Å². The van der Waals surface area contributed by atoms with Gasteiger partial charge in [0.2, 0.25) is 0 Å². The fraction of sp³-hybridized carbons (Fsp3) is 0.111. The van der Waals surface area contributed by atoms with Gasteiger partial charge in [-0.3, -0.25) is 0 Å². The first-order valence-electron chi connectivity index (χ1n) is 4.42. The molecule has 0 aliphatic carbocycles. The highest BCUT2D eigenvalue weighted by Gasteiger charge is 2.24. The topological polar surface area (TPSA) is 4.93 Å². The van der Waals surface area contributed by atoms with Crippen LogP contribution >= 0.6 is 11.6 Å². The molecule has 0 saturated heterocycles. The fourth-order valence-corrected chi connectivity index (χ4v) is 1.85. The van der Waals surface area contributed by atoms with Gasteiger partial charge in [0.25, 0.3) is 0 Å². The summed E-state index contributed by atoms with van der Waals surface area (Å²) in [6, 6.07) is 6.77. The molecule has 0 spiro atoms. The highest BCUT2D eigenvalue weighted by molar-refractivity contribution is 6.57. The lowest BCUT2D eigenvalue weighted by molar-refractivity contribution is 0.448. The summed E-state index contributed by atoms with van der Waals surface area (Å²) >= 11 is 5.83. The van der Waals surface area contributed by atoms with Crippen LogP contribution in [0.3, 0.4) is 0 Å². The largest absolute Gasteiger partial charge is 0.497 e. The molecule has 2 rings (SSSR count). The number of hydrogen-bond donors (Lipinski definition) is 0. The Balaban J connectivity index is 2.53. The maximum Gasteiger partial charge on any atom is 0.497 e. The minimum absolute atomic E-state index is 0.352. The summed E-state index contributed by atoms with van der Waals surface area (Å²) in [4.78, 5) is 0. The predicted octanol–water partition coefficient (Wildman–Crippen LogP) is 3.68. The van der Waals surface area contributed by atoms with Crippen LogP contribution in [0.4, 0.5) is 12.9 Å². The molecule has 0 unspecified atom stereocenters. The first-order chi connectivity index (χ1) is 6.97. The lowest BCUT2D eigenvalue weighted by Gasteiger charge is -2.15. The first kappa shape index (κ1) is 10.4. The number of aromatic nitrogens is 1. The minimum Gasteiger partial charge on any atom is -0.448 e. The van der Waals surface area contributed by atoms with Crippen LogP contribution in [-0.2, 0) is 6.44 Å². The summed E-state index contributed by atoms with van der Waals surface area (Å²) in [5.74, 6) is 0. The zero-order valence-electron chi connectivity index (χ0n) is 7.63. The predicted molar refractivity (Wildman–Crippen MR) is 56.0 cm³/mol. The third-order valence-corrected chi connectivity index (χ3v) is 2.44. The zero-order chi connectivity index (χ0) is 11.1. The lowest BCUT2D eigenvalue weighted by Crippen LogP contribution is -2.23. The van der Waals surface area contributed by atoms with Crippen LogP contribution in [0.2, 0.25) is 5.02 Å². The molecule has 2 aromatic rings. The van der Waals surface area contributed by atoms with Crippen molar-refractivity contribution in [1.29, 1.82) is 0 Å². The summed E-state index contributed by atoms with van der Waals surface area (Å²) in [6.45, 7) is -4.85. The second-order valence-electron chi connectivity index (χ2n) is 3.36. The summed E-state index contributed by atoms with van der Waals surface area (Å²) in [5, 5.41) is 1.00. The van der Waals surface area contributed by atoms with E-state index >= 15 is 0 Å². The monoisotopic (exact) mass is 232 g/mol. The Labute approximate surface area is 89.5 Å². The molecule has 1 heterocycles. The van der Waals surface area contributed by atoms with E-state index in [1.165, 1.54) is 6.20 Å². The molecule has 1 nitrogen and oxygen atoms in total. The molecular formula is C9H7BClF3N-. The number of hydrogen-bond acceptors (Lipinski definition) is 0. The molecule has 1 aromatic carbocycles. The van der Waals surface area contributed by atoms with Crippen molar-refractivity contribution in [1.82, 2.24) is 4.57 Å². The molecule has 0 saturated carbocycles. The van der Waals surface area contributed by atoms with Gasteiger partial charge < -0.3 is 17.5 Å². The molecule has 1 aromatic heterocycles. The average molecular weight is 232 g/mol. The van der Waals surface area contributed by atoms with Crippen LogP contribution in [0.1, 0.15) is 0 Å². The molecular weight excluding hydrogens is 225 g/mol. The Morgan fingerprint density at radius 2 is 1.87 bits per heavy atom. The Hall–Kier alpha value is -1.10. The summed E-state index contributed by atoms with van der Waals surface area (Å²) in [7, 11) is 0. The lowest BCUT2D eigenvalue weighted by atomic mass is 9.92. The summed E-state index contributed by atoms with van der Waals surface area (Å²) in [5.41, 5.74) is 0.515. The van der Waals surface area contributed by atoms with Crippen molar-refractivity contribution >= 4 is 29.5 Å². The molecule has 0 radical (unpaired) electrons. The number of rotatable bonds is 2.